The van der Waals surface area contributed by atoms with Gasteiger partial charge in [-0.3, -0.25) is 19.8 Å². The van der Waals surface area contributed by atoms with Crippen LogP contribution in [0.15, 0.2) is 0 Å². The van der Waals surface area contributed by atoms with E-state index in [2.05, 4.69) is 29.4 Å². The van der Waals surface area contributed by atoms with Crippen molar-refractivity contribution in [2.24, 2.45) is 23.5 Å². The van der Waals surface area contributed by atoms with Crippen molar-refractivity contribution < 1.29 is 19.1 Å². The first-order valence-electron chi connectivity index (χ1n) is 12.5. The quantitative estimate of drug-likeness (QED) is 0.575. The highest BCUT2D eigenvalue weighted by molar-refractivity contribution is 5.84. The number of carbonyl (C=O) groups excluding carboxylic acids is 2. The number of hydrogen-bond donors (Lipinski definition) is 3. The van der Waals surface area contributed by atoms with E-state index in [1.165, 1.54) is 0 Å². The monoisotopic (exact) mass is 449 g/mol. The molecular weight excluding hydrogens is 410 g/mol. The summed E-state index contributed by atoms with van der Waals surface area (Å²) in [6.45, 7) is 6.01. The molecule has 8 unspecified atom stereocenters. The Hall–Kier alpha value is -1.26. The number of nitrogens with one attached hydrogen (secondary N) is 2. The third kappa shape index (κ3) is 4.07. The molecule has 180 valence electrons. The van der Waals surface area contributed by atoms with E-state index in [1.807, 2.05) is 4.90 Å². The minimum atomic E-state index is -0.408. The maximum atomic E-state index is 13.4. The molecular formula is C23H39N5O4. The molecule has 0 bridgehead atoms. The van der Waals surface area contributed by atoms with E-state index < -0.39 is 12.1 Å². The van der Waals surface area contributed by atoms with Gasteiger partial charge in [0.05, 0.1) is 42.5 Å². The first-order chi connectivity index (χ1) is 15.4. The Morgan fingerprint density at radius 2 is 2.00 bits per heavy atom. The molecule has 0 aromatic heterocycles. The highest BCUT2D eigenvalue weighted by atomic mass is 16.7. The highest BCUT2D eigenvalue weighted by Crippen LogP contribution is 2.37. The van der Waals surface area contributed by atoms with Crippen LogP contribution in [0.3, 0.4) is 0 Å². The number of piperidine rings is 2. The molecule has 8 atom stereocenters. The summed E-state index contributed by atoms with van der Waals surface area (Å²) < 4.78 is 11.3. The summed E-state index contributed by atoms with van der Waals surface area (Å²) in [5, 5.41) is 6.88. The number of nitrogens with zero attached hydrogens (tertiary/aromatic N) is 2. The summed E-state index contributed by atoms with van der Waals surface area (Å²) >= 11 is 0. The first-order valence-corrected chi connectivity index (χ1v) is 12.5. The van der Waals surface area contributed by atoms with Crippen LogP contribution in [-0.2, 0) is 19.1 Å². The number of amides is 2. The van der Waals surface area contributed by atoms with Crippen molar-refractivity contribution in [3.05, 3.63) is 0 Å². The second-order valence-corrected chi connectivity index (χ2v) is 10.6. The fourth-order valence-corrected chi connectivity index (χ4v) is 6.61. The van der Waals surface area contributed by atoms with Gasteiger partial charge in [0.25, 0.3) is 0 Å². The van der Waals surface area contributed by atoms with Crippen molar-refractivity contribution >= 4 is 11.8 Å². The van der Waals surface area contributed by atoms with Crippen molar-refractivity contribution in [2.45, 2.75) is 95.5 Å². The van der Waals surface area contributed by atoms with Gasteiger partial charge in [-0.2, -0.15) is 0 Å². The van der Waals surface area contributed by atoms with Crippen LogP contribution in [0.25, 0.3) is 0 Å². The molecule has 5 aliphatic rings. The van der Waals surface area contributed by atoms with E-state index in [9.17, 15) is 9.59 Å². The van der Waals surface area contributed by atoms with E-state index in [-0.39, 0.29) is 48.3 Å². The lowest BCUT2D eigenvalue weighted by atomic mass is 9.79. The molecule has 0 radical (unpaired) electrons. The van der Waals surface area contributed by atoms with Crippen molar-refractivity contribution in [1.82, 2.24) is 20.4 Å². The lowest BCUT2D eigenvalue weighted by Crippen LogP contribution is -2.75. The van der Waals surface area contributed by atoms with Crippen LogP contribution in [0.1, 0.15) is 58.8 Å². The maximum absolute atomic E-state index is 13.4. The number of nitrogens with two attached hydrogens (primary N) is 1. The number of fused-ring (bicyclic) bond motifs is 3. The zero-order valence-corrected chi connectivity index (χ0v) is 19.4. The maximum Gasteiger partial charge on any atom is 0.229 e. The van der Waals surface area contributed by atoms with Gasteiger partial charge >= 0.3 is 0 Å². The van der Waals surface area contributed by atoms with E-state index in [0.717, 1.165) is 45.1 Å². The van der Waals surface area contributed by atoms with Crippen LogP contribution in [0, 0.1) is 17.8 Å². The zero-order valence-electron chi connectivity index (χ0n) is 19.4. The molecule has 4 aliphatic heterocycles. The normalized spacial score (nSPS) is 42.4. The Kier molecular flexibility index (Phi) is 6.46. The minimum absolute atomic E-state index is 0.0270. The third-order valence-corrected chi connectivity index (χ3v) is 8.33. The van der Waals surface area contributed by atoms with Gasteiger partial charge in [-0.15, -0.1) is 0 Å². The van der Waals surface area contributed by atoms with Gasteiger partial charge in [0.1, 0.15) is 6.79 Å². The summed E-state index contributed by atoms with van der Waals surface area (Å²) in [7, 11) is 0. The van der Waals surface area contributed by atoms with Crippen LogP contribution in [0.4, 0.5) is 0 Å². The van der Waals surface area contributed by atoms with Crippen molar-refractivity contribution in [3.63, 3.8) is 0 Å². The molecule has 4 heterocycles. The third-order valence-electron chi connectivity index (χ3n) is 8.33. The van der Waals surface area contributed by atoms with Crippen molar-refractivity contribution in [2.75, 3.05) is 19.9 Å². The highest BCUT2D eigenvalue weighted by Gasteiger charge is 2.52. The summed E-state index contributed by atoms with van der Waals surface area (Å²) in [4.78, 5) is 30.9. The molecule has 2 amide bonds. The number of ether oxygens (including phenoxy) is 2. The smallest absolute Gasteiger partial charge is 0.229 e. The number of hydrogen-bond acceptors (Lipinski definition) is 7. The summed E-state index contributed by atoms with van der Waals surface area (Å²) in [6, 6.07) is 0.137. The molecule has 0 aromatic rings. The molecule has 0 spiro atoms. The lowest BCUT2D eigenvalue weighted by Gasteiger charge is -2.56. The molecule has 9 nitrogen and oxygen atoms in total. The predicted molar refractivity (Wildman–Crippen MR) is 118 cm³/mol. The fourth-order valence-electron chi connectivity index (χ4n) is 6.61. The number of rotatable bonds is 4. The molecule has 4 N–H and O–H groups in total. The number of carbonyl (C=O) groups is 2. The Balaban J connectivity index is 1.25. The Morgan fingerprint density at radius 1 is 1.19 bits per heavy atom. The van der Waals surface area contributed by atoms with E-state index >= 15 is 0 Å². The molecule has 32 heavy (non-hydrogen) atoms. The van der Waals surface area contributed by atoms with Crippen molar-refractivity contribution in [3.8, 4) is 0 Å². The average molecular weight is 450 g/mol. The second kappa shape index (κ2) is 9.18. The molecule has 1 saturated carbocycles. The summed E-state index contributed by atoms with van der Waals surface area (Å²) in [5.74, 6) is -0.0796. The average Bonchev–Trinajstić information content (AvgIpc) is 3.25. The van der Waals surface area contributed by atoms with Gasteiger partial charge in [-0.05, 0) is 64.7 Å². The van der Waals surface area contributed by atoms with Crippen LogP contribution >= 0.6 is 0 Å². The Bertz CT molecular complexity index is 721. The van der Waals surface area contributed by atoms with Gasteiger partial charge in [0.15, 0.2) is 0 Å². The molecule has 1 aliphatic carbocycles. The number of likely N-dealkylation sites (tertiary alicyclic amines) is 1. The van der Waals surface area contributed by atoms with Crippen LogP contribution in [0.2, 0.25) is 0 Å². The van der Waals surface area contributed by atoms with E-state index in [1.54, 1.807) is 0 Å². The molecule has 9 heteroatoms. The van der Waals surface area contributed by atoms with Gasteiger partial charge in [0, 0.05) is 19.1 Å². The van der Waals surface area contributed by atoms with Crippen LogP contribution < -0.4 is 16.4 Å². The van der Waals surface area contributed by atoms with Gasteiger partial charge in [-0.25, -0.2) is 0 Å². The van der Waals surface area contributed by atoms with Gasteiger partial charge in [0.2, 0.25) is 11.8 Å². The molecule has 0 aromatic carbocycles. The lowest BCUT2D eigenvalue weighted by molar-refractivity contribution is -0.164. The topological polar surface area (TPSA) is 109 Å². The Morgan fingerprint density at radius 3 is 2.81 bits per heavy atom. The predicted octanol–water partition coefficient (Wildman–Crippen LogP) is 0.543. The standard InChI is InChI=1S/C23H39N5O4/c1-13(2)28-20(24)15(10-16-21(28)26-19-5-3-4-8-27(19)23(16)30)22(29)25-11-14-6-7-17-18(9-14)32-12-31-17/h13-21,26H,3-12,24H2,1-2H3,(H,25,29). The van der Waals surface area contributed by atoms with Gasteiger partial charge in [-0.1, -0.05) is 0 Å². The molecule has 5 rings (SSSR count). The molecule has 5 fully saturated rings. The second-order valence-electron chi connectivity index (χ2n) is 10.6. The van der Waals surface area contributed by atoms with Crippen LogP contribution in [0.5, 0.6) is 0 Å². The SMILES string of the molecule is CC(C)N1C(N)C(C(=O)NCC2CCC3OCOC3C2)CC2C(=O)N3CCCCC3NC21. The summed E-state index contributed by atoms with van der Waals surface area (Å²) in [6.07, 6.45) is 6.56. The Labute approximate surface area is 190 Å². The van der Waals surface area contributed by atoms with Gasteiger partial charge < -0.3 is 25.4 Å². The van der Waals surface area contributed by atoms with Crippen molar-refractivity contribution in [1.29, 1.82) is 0 Å². The minimum Gasteiger partial charge on any atom is -0.355 e. The fraction of sp³-hybridized carbons (Fsp3) is 0.913. The van der Waals surface area contributed by atoms with E-state index in [0.29, 0.717) is 25.7 Å². The van der Waals surface area contributed by atoms with Crippen LogP contribution in [-0.4, -0.2) is 78.2 Å². The zero-order chi connectivity index (χ0) is 22.4. The summed E-state index contributed by atoms with van der Waals surface area (Å²) in [5.41, 5.74) is 6.69. The van der Waals surface area contributed by atoms with E-state index in [4.69, 9.17) is 15.2 Å². The largest absolute Gasteiger partial charge is 0.355 e. The first kappa shape index (κ1) is 22.5. The molecule has 4 saturated heterocycles.